The van der Waals surface area contributed by atoms with Gasteiger partial charge in [-0.1, -0.05) is 12.1 Å². The van der Waals surface area contributed by atoms with Crippen molar-refractivity contribution in [1.82, 2.24) is 0 Å². The van der Waals surface area contributed by atoms with Gasteiger partial charge in [-0.25, -0.2) is 8.78 Å². The molecule has 0 fully saturated rings. The van der Waals surface area contributed by atoms with Crippen molar-refractivity contribution in [3.63, 3.8) is 0 Å². The first-order valence-corrected chi connectivity index (χ1v) is 7.81. The molecule has 0 unspecified atom stereocenters. The van der Waals surface area contributed by atoms with Gasteiger partial charge in [0.05, 0.1) is 12.3 Å². The maximum Gasteiger partial charge on any atom is 0.279 e. The number of halogens is 2. The van der Waals surface area contributed by atoms with Gasteiger partial charge in [-0.3, -0.25) is 4.79 Å². The highest BCUT2D eigenvalue weighted by molar-refractivity contribution is 5.92. The molecule has 0 spiro atoms. The highest BCUT2D eigenvalue weighted by Crippen LogP contribution is 2.23. The third-order valence-corrected chi connectivity index (χ3v) is 3.57. The Morgan fingerprint density at radius 1 is 1.25 bits per heavy atom. The van der Waals surface area contributed by atoms with Crippen LogP contribution in [0.2, 0.25) is 0 Å². The van der Waals surface area contributed by atoms with Gasteiger partial charge in [-0.05, 0) is 38.1 Å². The maximum absolute atomic E-state index is 13.7. The molecule has 1 atom stereocenters. The van der Waals surface area contributed by atoms with Gasteiger partial charge in [0.25, 0.3) is 5.91 Å². The second kappa shape index (κ2) is 8.40. The summed E-state index contributed by atoms with van der Waals surface area (Å²) < 4.78 is 32.1. The molecule has 3 N–H and O–H groups in total. The Labute approximate surface area is 139 Å². The lowest BCUT2D eigenvalue weighted by molar-refractivity contribution is -0.682. The van der Waals surface area contributed by atoms with E-state index in [4.69, 9.17) is 4.74 Å². The molecule has 0 aliphatic heterocycles. The van der Waals surface area contributed by atoms with Crippen molar-refractivity contribution in [1.29, 1.82) is 0 Å². The molecule has 2 aromatic carbocycles. The van der Waals surface area contributed by atoms with Crippen LogP contribution in [0.15, 0.2) is 42.5 Å². The molecule has 128 valence electrons. The Morgan fingerprint density at radius 3 is 2.71 bits per heavy atom. The fourth-order valence-electron chi connectivity index (χ4n) is 2.33. The van der Waals surface area contributed by atoms with Crippen molar-refractivity contribution < 1.29 is 23.6 Å². The SMILES string of the molecule is CCOc1ccccc1NC(=O)C[NH2+][C@H](C)c1ccc(F)cc1F. The van der Waals surface area contributed by atoms with Gasteiger partial charge in [-0.15, -0.1) is 0 Å². The number of hydrogen-bond donors (Lipinski definition) is 2. The molecule has 0 saturated carbocycles. The van der Waals surface area contributed by atoms with Crippen molar-refractivity contribution >= 4 is 11.6 Å². The zero-order valence-corrected chi connectivity index (χ0v) is 13.7. The van der Waals surface area contributed by atoms with E-state index in [1.807, 2.05) is 13.0 Å². The summed E-state index contributed by atoms with van der Waals surface area (Å²) in [5.41, 5.74) is 0.956. The largest absolute Gasteiger partial charge is 0.492 e. The minimum absolute atomic E-state index is 0.110. The number of para-hydroxylation sites is 2. The maximum atomic E-state index is 13.7. The lowest BCUT2D eigenvalue weighted by Crippen LogP contribution is -2.86. The average Bonchev–Trinajstić information content (AvgIpc) is 2.55. The fraction of sp³-hybridized carbons (Fsp3) is 0.278. The molecule has 6 heteroatoms. The van der Waals surface area contributed by atoms with Gasteiger partial charge >= 0.3 is 0 Å². The molecule has 0 aromatic heterocycles. The summed E-state index contributed by atoms with van der Waals surface area (Å²) in [5.74, 6) is -0.850. The summed E-state index contributed by atoms with van der Waals surface area (Å²) in [7, 11) is 0. The monoisotopic (exact) mass is 335 g/mol. The first-order valence-electron chi connectivity index (χ1n) is 7.81. The van der Waals surface area contributed by atoms with Crippen LogP contribution in [-0.2, 0) is 4.79 Å². The highest BCUT2D eigenvalue weighted by atomic mass is 19.1. The van der Waals surface area contributed by atoms with Crippen LogP contribution in [0.3, 0.4) is 0 Å². The van der Waals surface area contributed by atoms with E-state index in [9.17, 15) is 13.6 Å². The average molecular weight is 335 g/mol. The van der Waals surface area contributed by atoms with Gasteiger partial charge in [0.15, 0.2) is 6.54 Å². The lowest BCUT2D eigenvalue weighted by atomic mass is 10.1. The zero-order chi connectivity index (χ0) is 17.5. The first-order chi connectivity index (χ1) is 11.5. The molecule has 24 heavy (non-hydrogen) atoms. The van der Waals surface area contributed by atoms with Crippen LogP contribution in [0.1, 0.15) is 25.5 Å². The van der Waals surface area contributed by atoms with Gasteiger partial charge in [-0.2, -0.15) is 0 Å². The van der Waals surface area contributed by atoms with E-state index >= 15 is 0 Å². The Bertz CT molecular complexity index is 707. The van der Waals surface area contributed by atoms with E-state index in [1.54, 1.807) is 30.4 Å². The minimum Gasteiger partial charge on any atom is -0.492 e. The minimum atomic E-state index is -0.617. The number of nitrogens with one attached hydrogen (secondary N) is 1. The van der Waals surface area contributed by atoms with Crippen LogP contribution < -0.4 is 15.4 Å². The van der Waals surface area contributed by atoms with E-state index < -0.39 is 11.6 Å². The number of rotatable bonds is 7. The van der Waals surface area contributed by atoms with E-state index in [-0.39, 0.29) is 18.5 Å². The number of nitrogens with two attached hydrogens (primary N) is 1. The number of benzene rings is 2. The lowest BCUT2D eigenvalue weighted by Gasteiger charge is -2.13. The van der Waals surface area contributed by atoms with Crippen LogP contribution in [0.5, 0.6) is 5.75 Å². The molecule has 0 aliphatic carbocycles. The van der Waals surface area contributed by atoms with Crippen LogP contribution >= 0.6 is 0 Å². The molecule has 1 amide bonds. The van der Waals surface area contributed by atoms with E-state index in [0.29, 0.717) is 23.6 Å². The summed E-state index contributed by atoms with van der Waals surface area (Å²) in [6, 6.07) is 10.3. The second-order valence-corrected chi connectivity index (χ2v) is 5.37. The number of amides is 1. The predicted molar refractivity (Wildman–Crippen MR) is 87.8 cm³/mol. The van der Waals surface area contributed by atoms with Gasteiger partial charge < -0.3 is 15.4 Å². The van der Waals surface area contributed by atoms with Crippen molar-refractivity contribution in [3.05, 3.63) is 59.7 Å². The third-order valence-electron chi connectivity index (χ3n) is 3.57. The normalized spacial score (nSPS) is 11.8. The van der Waals surface area contributed by atoms with E-state index in [1.165, 1.54) is 12.1 Å². The Morgan fingerprint density at radius 2 is 2.00 bits per heavy atom. The number of carbonyl (C=O) groups excluding carboxylic acids is 1. The number of anilines is 1. The molecule has 4 nitrogen and oxygen atoms in total. The van der Waals surface area contributed by atoms with Crippen LogP contribution in [0.25, 0.3) is 0 Å². The summed E-state index contributed by atoms with van der Waals surface area (Å²) in [4.78, 5) is 12.1. The molecular formula is C18H21F2N2O2+. The first kappa shape index (κ1) is 17.9. The molecule has 2 rings (SSSR count). The molecule has 0 aliphatic rings. The Balaban J connectivity index is 1.93. The van der Waals surface area contributed by atoms with Crippen molar-refractivity contribution in [2.45, 2.75) is 19.9 Å². The van der Waals surface area contributed by atoms with Crippen molar-refractivity contribution in [2.24, 2.45) is 0 Å². The number of hydrogen-bond acceptors (Lipinski definition) is 2. The van der Waals surface area contributed by atoms with E-state index in [0.717, 1.165) is 6.07 Å². The standard InChI is InChI=1S/C18H20F2N2O2/c1-3-24-17-7-5-4-6-16(17)22-18(23)11-21-12(2)14-9-8-13(19)10-15(14)20/h4-10,12,21H,3,11H2,1-2H3,(H,22,23)/p+1/t12-/m1/s1. The summed E-state index contributed by atoms with van der Waals surface area (Å²) in [6.45, 7) is 4.24. The molecule has 0 heterocycles. The van der Waals surface area contributed by atoms with Crippen LogP contribution in [0.4, 0.5) is 14.5 Å². The summed E-state index contributed by atoms with van der Waals surface area (Å²) >= 11 is 0. The molecule has 0 bridgehead atoms. The van der Waals surface area contributed by atoms with Crippen molar-refractivity contribution in [3.8, 4) is 5.75 Å². The van der Waals surface area contributed by atoms with E-state index in [2.05, 4.69) is 5.32 Å². The second-order valence-electron chi connectivity index (χ2n) is 5.37. The van der Waals surface area contributed by atoms with Gasteiger partial charge in [0.1, 0.15) is 23.4 Å². The number of carbonyl (C=O) groups is 1. The quantitative estimate of drug-likeness (QED) is 0.817. The zero-order valence-electron chi connectivity index (χ0n) is 13.7. The highest BCUT2D eigenvalue weighted by Gasteiger charge is 2.16. The molecule has 0 saturated heterocycles. The molecule has 2 aromatic rings. The van der Waals surface area contributed by atoms with Gasteiger partial charge in [0, 0.05) is 11.6 Å². The number of quaternary nitrogens is 1. The predicted octanol–water partition coefficient (Wildman–Crippen LogP) is 2.63. The van der Waals surface area contributed by atoms with Crippen LogP contribution in [0, 0.1) is 11.6 Å². The summed E-state index contributed by atoms with van der Waals surface area (Å²) in [6.07, 6.45) is 0. The smallest absolute Gasteiger partial charge is 0.279 e. The van der Waals surface area contributed by atoms with Crippen molar-refractivity contribution in [2.75, 3.05) is 18.5 Å². The Hall–Kier alpha value is -2.47. The topological polar surface area (TPSA) is 54.9 Å². The third kappa shape index (κ3) is 4.76. The Kier molecular flexibility index (Phi) is 6.26. The molecular weight excluding hydrogens is 314 g/mol. The summed E-state index contributed by atoms with van der Waals surface area (Å²) in [5, 5.41) is 4.47. The van der Waals surface area contributed by atoms with Gasteiger partial charge in [0.2, 0.25) is 0 Å². The fourth-order valence-corrected chi connectivity index (χ4v) is 2.33. The molecule has 0 radical (unpaired) electrons. The number of ether oxygens (including phenoxy) is 1. The van der Waals surface area contributed by atoms with Crippen LogP contribution in [-0.4, -0.2) is 19.1 Å².